The van der Waals surface area contributed by atoms with Crippen LogP contribution < -0.4 is 5.32 Å². The van der Waals surface area contributed by atoms with Gasteiger partial charge in [-0.1, -0.05) is 60.7 Å². The summed E-state index contributed by atoms with van der Waals surface area (Å²) in [6.45, 7) is 0.802. The number of carbonyl (C=O) groups is 1. The maximum absolute atomic E-state index is 13.7. The third kappa shape index (κ3) is 6.51. The van der Waals surface area contributed by atoms with Gasteiger partial charge in [0.15, 0.2) is 0 Å². The van der Waals surface area contributed by atoms with E-state index in [1.54, 1.807) is 60.7 Å². The van der Waals surface area contributed by atoms with E-state index in [9.17, 15) is 22.2 Å². The first-order chi connectivity index (χ1) is 15.2. The number of hydrogen-bond acceptors (Lipinski definition) is 3. The highest BCUT2D eigenvalue weighted by molar-refractivity contribution is 7.84. The van der Waals surface area contributed by atoms with Crippen molar-refractivity contribution in [1.82, 2.24) is 5.32 Å². The number of carboxylic acid groups (broad SMARTS) is 1. The summed E-state index contributed by atoms with van der Waals surface area (Å²) in [5.41, 5.74) is 1.73. The zero-order valence-electron chi connectivity index (χ0n) is 17.1. The van der Waals surface area contributed by atoms with Gasteiger partial charge in [0.05, 0.1) is 33.4 Å². The molecule has 0 fully saturated rings. The molecule has 0 bridgehead atoms. The van der Waals surface area contributed by atoms with Gasteiger partial charge < -0.3 is 10.4 Å². The Labute approximate surface area is 186 Å². The van der Waals surface area contributed by atoms with Crippen LogP contribution in [0.15, 0.2) is 77.7 Å². The Morgan fingerprint density at radius 1 is 0.906 bits per heavy atom. The molecule has 1 unspecified atom stereocenters. The molecule has 0 amide bonds. The quantitative estimate of drug-likeness (QED) is 0.428. The molecule has 2 N–H and O–H groups in total. The summed E-state index contributed by atoms with van der Waals surface area (Å²) in [6, 6.07) is 19.6. The predicted octanol–water partition coefficient (Wildman–Crippen LogP) is 5.24. The molecule has 4 nitrogen and oxygen atoms in total. The molecule has 32 heavy (non-hydrogen) atoms. The molecule has 168 valence electrons. The molecular weight excluding hydrogens is 439 g/mol. The van der Waals surface area contributed by atoms with Crippen LogP contribution in [0.2, 0.25) is 0 Å². The summed E-state index contributed by atoms with van der Waals surface area (Å²) >= 11 is 0. The second-order valence-electron chi connectivity index (χ2n) is 7.20. The van der Waals surface area contributed by atoms with Crippen LogP contribution in [0.25, 0.3) is 11.1 Å². The molecule has 3 aromatic rings. The minimum Gasteiger partial charge on any atom is -0.481 e. The standard InChI is InChI=1S/C24H22F3NO3S/c25-24(26,27)21-14-20(19-4-2-1-3-5-19)10-11-22(21)32(31)16-18-8-6-17(7-9-18)15-28-13-12-23(29)30/h1-11,14,28H,12-13,15-16H2,(H,29,30). The number of nitrogens with one attached hydrogen (secondary N) is 1. The molecule has 0 spiro atoms. The molecule has 0 saturated heterocycles. The number of aliphatic carboxylic acids is 1. The lowest BCUT2D eigenvalue weighted by Crippen LogP contribution is -2.17. The van der Waals surface area contributed by atoms with E-state index in [0.29, 0.717) is 29.8 Å². The molecule has 0 heterocycles. The summed E-state index contributed by atoms with van der Waals surface area (Å²) < 4.78 is 54.0. The molecule has 0 radical (unpaired) electrons. The topological polar surface area (TPSA) is 66.4 Å². The zero-order chi connectivity index (χ0) is 23.1. The Kier molecular flexibility index (Phi) is 7.82. The summed E-state index contributed by atoms with van der Waals surface area (Å²) in [5, 5.41) is 11.6. The fourth-order valence-corrected chi connectivity index (χ4v) is 4.46. The Hall–Kier alpha value is -2.97. The van der Waals surface area contributed by atoms with Crippen molar-refractivity contribution >= 4 is 16.8 Å². The van der Waals surface area contributed by atoms with Crippen LogP contribution in [0.4, 0.5) is 13.2 Å². The summed E-state index contributed by atoms with van der Waals surface area (Å²) in [7, 11) is -1.88. The maximum atomic E-state index is 13.7. The van der Waals surface area contributed by atoms with Gasteiger partial charge in [0.2, 0.25) is 0 Å². The minimum absolute atomic E-state index is 0.0155. The molecule has 1 atom stereocenters. The lowest BCUT2D eigenvalue weighted by atomic mass is 10.0. The number of rotatable bonds is 9. The summed E-state index contributed by atoms with van der Waals surface area (Å²) in [6.07, 6.45) is -4.61. The number of benzene rings is 3. The first-order valence-corrected chi connectivity index (χ1v) is 11.2. The molecule has 8 heteroatoms. The van der Waals surface area contributed by atoms with Crippen molar-refractivity contribution in [3.05, 3.63) is 89.5 Å². The second-order valence-corrected chi connectivity index (χ2v) is 8.62. The molecule has 3 aromatic carbocycles. The fraction of sp³-hybridized carbons (Fsp3) is 0.208. The van der Waals surface area contributed by atoms with Gasteiger partial charge in [0, 0.05) is 13.1 Å². The van der Waals surface area contributed by atoms with Crippen LogP contribution in [-0.4, -0.2) is 21.8 Å². The van der Waals surface area contributed by atoms with Gasteiger partial charge in [0.1, 0.15) is 0 Å². The van der Waals surface area contributed by atoms with E-state index >= 15 is 0 Å². The van der Waals surface area contributed by atoms with E-state index in [1.807, 2.05) is 0 Å². The smallest absolute Gasteiger partial charge is 0.417 e. The van der Waals surface area contributed by atoms with Crippen LogP contribution in [0.1, 0.15) is 23.1 Å². The largest absolute Gasteiger partial charge is 0.481 e. The molecule has 0 aliphatic rings. The number of alkyl halides is 3. The second kappa shape index (κ2) is 10.6. The van der Waals surface area contributed by atoms with Gasteiger partial charge in [-0.2, -0.15) is 13.2 Å². The van der Waals surface area contributed by atoms with Crippen molar-refractivity contribution in [2.75, 3.05) is 6.54 Å². The maximum Gasteiger partial charge on any atom is 0.417 e. The van der Waals surface area contributed by atoms with Crippen molar-refractivity contribution in [1.29, 1.82) is 0 Å². The molecule has 0 saturated carbocycles. The van der Waals surface area contributed by atoms with Crippen molar-refractivity contribution in [2.24, 2.45) is 0 Å². The average Bonchev–Trinajstić information content (AvgIpc) is 2.77. The van der Waals surface area contributed by atoms with Crippen molar-refractivity contribution in [3.63, 3.8) is 0 Å². The Balaban J connectivity index is 1.73. The number of carboxylic acids is 1. The van der Waals surface area contributed by atoms with Crippen LogP contribution in [0.5, 0.6) is 0 Å². The van der Waals surface area contributed by atoms with Gasteiger partial charge in [-0.25, -0.2) is 0 Å². The summed E-state index contributed by atoms with van der Waals surface area (Å²) in [5.74, 6) is -0.925. The van der Waals surface area contributed by atoms with E-state index in [2.05, 4.69) is 5.32 Å². The first-order valence-electron chi connectivity index (χ1n) is 9.89. The number of halogens is 3. The van der Waals surface area contributed by atoms with E-state index < -0.39 is 28.5 Å². The first kappa shape index (κ1) is 23.7. The normalized spacial score (nSPS) is 12.5. The number of hydrogen-bond donors (Lipinski definition) is 2. The van der Waals surface area contributed by atoms with Gasteiger partial charge in [0.25, 0.3) is 0 Å². The summed E-state index contributed by atoms with van der Waals surface area (Å²) in [4.78, 5) is 10.3. The zero-order valence-corrected chi connectivity index (χ0v) is 17.9. The molecular formula is C24H22F3NO3S. The van der Waals surface area contributed by atoms with Crippen molar-refractivity contribution < 1.29 is 27.3 Å². The van der Waals surface area contributed by atoms with Gasteiger partial charge in [-0.05, 0) is 34.4 Å². The average molecular weight is 462 g/mol. The van der Waals surface area contributed by atoms with E-state index in [0.717, 1.165) is 11.6 Å². The SMILES string of the molecule is O=C(O)CCNCc1ccc(CS(=O)c2ccc(-c3ccccc3)cc2C(F)(F)F)cc1. The minimum atomic E-state index is -4.62. The van der Waals surface area contributed by atoms with Crippen molar-refractivity contribution in [3.8, 4) is 11.1 Å². The molecule has 0 aromatic heterocycles. The van der Waals surface area contributed by atoms with Crippen LogP contribution in [0.3, 0.4) is 0 Å². The molecule has 3 rings (SSSR count). The van der Waals surface area contributed by atoms with E-state index in [1.165, 1.54) is 6.07 Å². The lowest BCUT2D eigenvalue weighted by molar-refractivity contribution is -0.140. The molecule has 0 aliphatic heterocycles. The van der Waals surface area contributed by atoms with Gasteiger partial charge in [-0.15, -0.1) is 0 Å². The molecule has 0 aliphatic carbocycles. The van der Waals surface area contributed by atoms with Crippen LogP contribution in [0, 0.1) is 0 Å². The predicted molar refractivity (Wildman–Crippen MR) is 117 cm³/mol. The Morgan fingerprint density at radius 2 is 1.56 bits per heavy atom. The third-order valence-corrected chi connectivity index (χ3v) is 6.24. The Morgan fingerprint density at radius 3 is 2.19 bits per heavy atom. The van der Waals surface area contributed by atoms with Gasteiger partial charge >= 0.3 is 12.1 Å². The fourth-order valence-electron chi connectivity index (χ4n) is 3.17. The van der Waals surface area contributed by atoms with E-state index in [-0.39, 0.29) is 17.1 Å². The third-order valence-electron chi connectivity index (χ3n) is 4.80. The Bertz CT molecular complexity index is 1080. The van der Waals surface area contributed by atoms with Crippen LogP contribution >= 0.6 is 0 Å². The van der Waals surface area contributed by atoms with Gasteiger partial charge in [-0.3, -0.25) is 9.00 Å². The van der Waals surface area contributed by atoms with Crippen molar-refractivity contribution in [2.45, 2.75) is 29.8 Å². The van der Waals surface area contributed by atoms with Crippen LogP contribution in [-0.2, 0) is 34.1 Å². The highest BCUT2D eigenvalue weighted by Crippen LogP contribution is 2.37. The highest BCUT2D eigenvalue weighted by Gasteiger charge is 2.35. The van der Waals surface area contributed by atoms with E-state index in [4.69, 9.17) is 5.11 Å². The monoisotopic (exact) mass is 461 g/mol. The highest BCUT2D eigenvalue weighted by atomic mass is 32.2. The lowest BCUT2D eigenvalue weighted by Gasteiger charge is -2.15.